The summed E-state index contributed by atoms with van der Waals surface area (Å²) < 4.78 is 0. The molecule has 0 radical (unpaired) electrons. The highest BCUT2D eigenvalue weighted by molar-refractivity contribution is 7.99. The SMILES string of the molecule is CC(C)C(C)SCCCCS. The van der Waals surface area contributed by atoms with Crippen LogP contribution in [0, 0.1) is 5.92 Å². The van der Waals surface area contributed by atoms with Crippen molar-refractivity contribution in [2.75, 3.05) is 11.5 Å². The second kappa shape index (κ2) is 7.35. The van der Waals surface area contributed by atoms with Crippen molar-refractivity contribution in [1.29, 1.82) is 0 Å². The van der Waals surface area contributed by atoms with Crippen LogP contribution in [0.25, 0.3) is 0 Å². The molecule has 0 nitrogen and oxygen atoms in total. The average molecular weight is 192 g/mol. The maximum Gasteiger partial charge on any atom is 0.00417 e. The summed E-state index contributed by atoms with van der Waals surface area (Å²) in [5, 5.41) is 0.815. The van der Waals surface area contributed by atoms with Crippen molar-refractivity contribution in [3.05, 3.63) is 0 Å². The molecule has 0 saturated carbocycles. The minimum atomic E-state index is 0.815. The molecule has 0 aliphatic heterocycles. The lowest BCUT2D eigenvalue weighted by Gasteiger charge is -2.14. The first-order chi connectivity index (χ1) is 5.18. The maximum absolute atomic E-state index is 4.18. The molecular weight excluding hydrogens is 172 g/mol. The van der Waals surface area contributed by atoms with E-state index in [2.05, 4.69) is 45.2 Å². The van der Waals surface area contributed by atoms with Crippen LogP contribution in [0.15, 0.2) is 0 Å². The molecule has 0 aromatic carbocycles. The average Bonchev–Trinajstić information content (AvgIpc) is 1.97. The van der Waals surface area contributed by atoms with E-state index in [1.807, 2.05) is 0 Å². The Kier molecular flexibility index (Phi) is 7.82. The number of rotatable bonds is 6. The lowest BCUT2D eigenvalue weighted by atomic mass is 10.2. The van der Waals surface area contributed by atoms with Gasteiger partial charge in [0, 0.05) is 5.25 Å². The lowest BCUT2D eigenvalue weighted by Crippen LogP contribution is -2.06. The Bertz CT molecular complexity index is 81.6. The van der Waals surface area contributed by atoms with Gasteiger partial charge in [-0.2, -0.15) is 24.4 Å². The van der Waals surface area contributed by atoms with Crippen LogP contribution >= 0.6 is 24.4 Å². The van der Waals surface area contributed by atoms with E-state index in [-0.39, 0.29) is 0 Å². The van der Waals surface area contributed by atoms with Crippen molar-refractivity contribution in [3.63, 3.8) is 0 Å². The van der Waals surface area contributed by atoms with Gasteiger partial charge in [-0.05, 0) is 30.3 Å². The number of hydrogen-bond donors (Lipinski definition) is 1. The molecule has 0 aromatic rings. The predicted molar refractivity (Wildman–Crippen MR) is 59.8 cm³/mol. The van der Waals surface area contributed by atoms with Crippen LogP contribution in [-0.4, -0.2) is 16.8 Å². The quantitative estimate of drug-likeness (QED) is 0.496. The van der Waals surface area contributed by atoms with Crippen molar-refractivity contribution in [1.82, 2.24) is 0 Å². The second-order valence-corrected chi connectivity index (χ2v) is 5.18. The summed E-state index contributed by atoms with van der Waals surface area (Å²) in [5.41, 5.74) is 0. The van der Waals surface area contributed by atoms with Crippen LogP contribution in [0.3, 0.4) is 0 Å². The monoisotopic (exact) mass is 192 g/mol. The highest BCUT2D eigenvalue weighted by Crippen LogP contribution is 2.19. The summed E-state index contributed by atoms with van der Waals surface area (Å²) in [5.74, 6) is 3.16. The van der Waals surface area contributed by atoms with Crippen LogP contribution in [0.2, 0.25) is 0 Å². The molecule has 0 amide bonds. The van der Waals surface area contributed by atoms with Crippen molar-refractivity contribution in [2.24, 2.45) is 5.92 Å². The standard InChI is InChI=1S/C9H20S2/c1-8(2)9(3)11-7-5-4-6-10/h8-10H,4-7H2,1-3H3. The van der Waals surface area contributed by atoms with Crippen LogP contribution in [0.5, 0.6) is 0 Å². The number of unbranched alkanes of at least 4 members (excludes halogenated alkanes) is 1. The van der Waals surface area contributed by atoms with Gasteiger partial charge in [0.25, 0.3) is 0 Å². The Morgan fingerprint density at radius 2 is 1.82 bits per heavy atom. The third-order valence-electron chi connectivity index (χ3n) is 1.87. The first kappa shape index (κ1) is 11.7. The molecule has 0 aliphatic carbocycles. The topological polar surface area (TPSA) is 0 Å². The van der Waals surface area contributed by atoms with E-state index in [0.717, 1.165) is 16.9 Å². The lowest BCUT2D eigenvalue weighted by molar-refractivity contribution is 0.641. The smallest absolute Gasteiger partial charge is 0.00417 e. The summed E-state index contributed by atoms with van der Waals surface area (Å²) in [6.07, 6.45) is 2.59. The molecule has 2 heteroatoms. The summed E-state index contributed by atoms with van der Waals surface area (Å²) in [7, 11) is 0. The van der Waals surface area contributed by atoms with Gasteiger partial charge in [0.15, 0.2) is 0 Å². The van der Waals surface area contributed by atoms with E-state index in [9.17, 15) is 0 Å². The normalized spacial score (nSPS) is 13.9. The van der Waals surface area contributed by atoms with Crippen LogP contribution in [0.1, 0.15) is 33.6 Å². The highest BCUT2D eigenvalue weighted by atomic mass is 32.2. The molecule has 0 aliphatic rings. The minimum Gasteiger partial charge on any atom is -0.179 e. The zero-order valence-corrected chi connectivity index (χ0v) is 9.55. The van der Waals surface area contributed by atoms with E-state index < -0.39 is 0 Å². The van der Waals surface area contributed by atoms with Gasteiger partial charge < -0.3 is 0 Å². The highest BCUT2D eigenvalue weighted by Gasteiger charge is 2.05. The van der Waals surface area contributed by atoms with E-state index in [0.29, 0.717) is 0 Å². The zero-order valence-electron chi connectivity index (χ0n) is 7.84. The first-order valence-corrected chi connectivity index (χ1v) is 6.09. The fourth-order valence-corrected chi connectivity index (χ4v) is 2.03. The fraction of sp³-hybridized carbons (Fsp3) is 1.00. The molecule has 68 valence electrons. The molecule has 0 rings (SSSR count). The molecule has 0 spiro atoms. The van der Waals surface area contributed by atoms with Crippen molar-refractivity contribution >= 4 is 24.4 Å². The largest absolute Gasteiger partial charge is 0.179 e. The third-order valence-corrected chi connectivity index (χ3v) is 3.78. The van der Waals surface area contributed by atoms with Crippen LogP contribution in [-0.2, 0) is 0 Å². The van der Waals surface area contributed by atoms with Gasteiger partial charge in [0.05, 0.1) is 0 Å². The van der Waals surface area contributed by atoms with Gasteiger partial charge in [0.2, 0.25) is 0 Å². The van der Waals surface area contributed by atoms with Gasteiger partial charge >= 0.3 is 0 Å². The van der Waals surface area contributed by atoms with Gasteiger partial charge in [-0.15, -0.1) is 0 Å². The Morgan fingerprint density at radius 3 is 2.27 bits per heavy atom. The van der Waals surface area contributed by atoms with Gasteiger partial charge in [-0.3, -0.25) is 0 Å². The number of thiol groups is 1. The molecule has 0 heterocycles. The molecule has 0 bridgehead atoms. The van der Waals surface area contributed by atoms with Crippen molar-refractivity contribution in [2.45, 2.75) is 38.9 Å². The first-order valence-electron chi connectivity index (χ1n) is 4.41. The Labute approximate surface area is 80.9 Å². The maximum atomic E-state index is 4.18. The molecule has 1 unspecified atom stereocenters. The summed E-state index contributed by atoms with van der Waals surface area (Å²) >= 11 is 6.27. The van der Waals surface area contributed by atoms with E-state index in [1.165, 1.54) is 18.6 Å². The molecule has 0 fully saturated rings. The van der Waals surface area contributed by atoms with Crippen molar-refractivity contribution < 1.29 is 0 Å². The molecule has 0 saturated heterocycles. The molecule has 11 heavy (non-hydrogen) atoms. The van der Waals surface area contributed by atoms with Gasteiger partial charge in [-0.1, -0.05) is 20.8 Å². The minimum absolute atomic E-state index is 0.815. The molecule has 1 atom stereocenters. The Balaban J connectivity index is 3.10. The van der Waals surface area contributed by atoms with E-state index >= 15 is 0 Å². The number of thioether (sulfide) groups is 1. The summed E-state index contributed by atoms with van der Waals surface area (Å²) in [6, 6.07) is 0. The van der Waals surface area contributed by atoms with E-state index in [1.54, 1.807) is 0 Å². The van der Waals surface area contributed by atoms with Crippen LogP contribution in [0.4, 0.5) is 0 Å². The third kappa shape index (κ3) is 7.07. The van der Waals surface area contributed by atoms with Gasteiger partial charge in [0.1, 0.15) is 0 Å². The Morgan fingerprint density at radius 1 is 1.18 bits per heavy atom. The summed E-state index contributed by atoms with van der Waals surface area (Å²) in [6.45, 7) is 6.89. The van der Waals surface area contributed by atoms with Gasteiger partial charge in [-0.25, -0.2) is 0 Å². The fourth-order valence-electron chi connectivity index (χ4n) is 0.676. The van der Waals surface area contributed by atoms with E-state index in [4.69, 9.17) is 0 Å². The second-order valence-electron chi connectivity index (χ2n) is 3.25. The predicted octanol–water partition coefficient (Wildman–Crippen LogP) is 3.47. The van der Waals surface area contributed by atoms with Crippen LogP contribution < -0.4 is 0 Å². The summed E-state index contributed by atoms with van der Waals surface area (Å²) in [4.78, 5) is 0. The molecular formula is C9H20S2. The molecule has 0 aromatic heterocycles. The van der Waals surface area contributed by atoms with Crippen molar-refractivity contribution in [3.8, 4) is 0 Å². The number of hydrogen-bond acceptors (Lipinski definition) is 2. The Hall–Kier alpha value is 0.700. The zero-order chi connectivity index (χ0) is 8.69. The molecule has 0 N–H and O–H groups in total.